The van der Waals surface area contributed by atoms with Gasteiger partial charge >= 0.3 is 0 Å². The molecule has 8 heteroatoms. The molecule has 30 heavy (non-hydrogen) atoms. The summed E-state index contributed by atoms with van der Waals surface area (Å²) in [6.07, 6.45) is 3.08. The number of amides is 2. The SMILES string of the molecule is COc1ccc(Br)cc1/C=N/NC(=O)/C(=C\c1cccs1)NC(=O)c1ccccc1. The van der Waals surface area contributed by atoms with E-state index in [0.717, 1.165) is 9.35 Å². The van der Waals surface area contributed by atoms with E-state index >= 15 is 0 Å². The number of benzene rings is 2. The predicted molar refractivity (Wildman–Crippen MR) is 123 cm³/mol. The van der Waals surface area contributed by atoms with Gasteiger partial charge in [-0.05, 0) is 47.9 Å². The number of rotatable bonds is 7. The number of thiophene rings is 1. The molecule has 0 atom stereocenters. The molecule has 0 aliphatic rings. The number of carbonyl (C=O) groups is 2. The van der Waals surface area contributed by atoms with Gasteiger partial charge < -0.3 is 10.1 Å². The zero-order chi connectivity index (χ0) is 21.3. The number of nitrogens with zero attached hydrogens (tertiary/aromatic N) is 1. The molecule has 3 rings (SSSR count). The summed E-state index contributed by atoms with van der Waals surface area (Å²) in [5.74, 6) is -0.313. The smallest absolute Gasteiger partial charge is 0.287 e. The van der Waals surface area contributed by atoms with Gasteiger partial charge in [-0.15, -0.1) is 11.3 Å². The molecular formula is C22H18BrN3O3S. The van der Waals surface area contributed by atoms with Crippen molar-refractivity contribution in [2.24, 2.45) is 5.10 Å². The van der Waals surface area contributed by atoms with E-state index in [2.05, 4.69) is 31.8 Å². The summed E-state index contributed by atoms with van der Waals surface area (Å²) in [5.41, 5.74) is 3.67. The zero-order valence-electron chi connectivity index (χ0n) is 16.0. The number of hydrazone groups is 1. The van der Waals surface area contributed by atoms with Gasteiger partial charge in [0, 0.05) is 20.5 Å². The maximum absolute atomic E-state index is 12.7. The first-order valence-corrected chi connectivity index (χ1v) is 10.5. The monoisotopic (exact) mass is 483 g/mol. The molecule has 0 unspecified atom stereocenters. The van der Waals surface area contributed by atoms with Gasteiger partial charge in [0.05, 0.1) is 13.3 Å². The Labute approximate surface area is 186 Å². The number of hydrogen-bond donors (Lipinski definition) is 2. The topological polar surface area (TPSA) is 79.8 Å². The predicted octanol–water partition coefficient (Wildman–Crippen LogP) is 4.44. The normalized spacial score (nSPS) is 11.3. The highest BCUT2D eigenvalue weighted by atomic mass is 79.9. The van der Waals surface area contributed by atoms with Crippen LogP contribution in [-0.2, 0) is 4.79 Å². The largest absolute Gasteiger partial charge is 0.496 e. The van der Waals surface area contributed by atoms with Gasteiger partial charge in [-0.3, -0.25) is 9.59 Å². The van der Waals surface area contributed by atoms with Crippen LogP contribution in [0.1, 0.15) is 20.8 Å². The fraction of sp³-hybridized carbons (Fsp3) is 0.0455. The van der Waals surface area contributed by atoms with Crippen LogP contribution < -0.4 is 15.5 Å². The zero-order valence-corrected chi connectivity index (χ0v) is 18.4. The number of ether oxygens (including phenoxy) is 1. The summed E-state index contributed by atoms with van der Waals surface area (Å²) < 4.78 is 6.14. The fourth-order valence-corrected chi connectivity index (χ4v) is 3.52. The molecule has 1 aromatic heterocycles. The minimum Gasteiger partial charge on any atom is -0.496 e. The van der Waals surface area contributed by atoms with Crippen LogP contribution in [0.15, 0.2) is 81.3 Å². The van der Waals surface area contributed by atoms with Crippen LogP contribution in [0.3, 0.4) is 0 Å². The van der Waals surface area contributed by atoms with Crippen LogP contribution in [-0.4, -0.2) is 25.1 Å². The molecule has 2 N–H and O–H groups in total. The summed E-state index contributed by atoms with van der Waals surface area (Å²) in [5, 5.41) is 8.56. The van der Waals surface area contributed by atoms with Crippen molar-refractivity contribution >= 4 is 51.4 Å². The van der Waals surface area contributed by atoms with Crippen LogP contribution in [0, 0.1) is 0 Å². The third-order valence-corrected chi connectivity index (χ3v) is 5.23. The number of methoxy groups -OCH3 is 1. The van der Waals surface area contributed by atoms with Gasteiger partial charge in [-0.25, -0.2) is 5.43 Å². The van der Waals surface area contributed by atoms with Gasteiger partial charge in [0.25, 0.3) is 11.8 Å². The first-order valence-electron chi connectivity index (χ1n) is 8.85. The third-order valence-electron chi connectivity index (χ3n) is 3.92. The molecule has 2 aromatic carbocycles. The molecule has 3 aromatic rings. The maximum atomic E-state index is 12.7. The number of nitrogens with one attached hydrogen (secondary N) is 2. The van der Waals surface area contributed by atoms with Crippen molar-refractivity contribution in [3.05, 3.63) is 92.2 Å². The minimum atomic E-state index is -0.544. The molecule has 2 amide bonds. The Morgan fingerprint density at radius 1 is 1.10 bits per heavy atom. The molecule has 0 saturated carbocycles. The molecule has 0 bridgehead atoms. The quantitative estimate of drug-likeness (QED) is 0.296. The van der Waals surface area contributed by atoms with Crippen molar-refractivity contribution in [3.8, 4) is 5.75 Å². The van der Waals surface area contributed by atoms with E-state index < -0.39 is 5.91 Å². The molecule has 0 aliphatic heterocycles. The molecular weight excluding hydrogens is 466 g/mol. The second-order valence-electron chi connectivity index (χ2n) is 5.98. The highest BCUT2D eigenvalue weighted by Gasteiger charge is 2.14. The average Bonchev–Trinajstić information content (AvgIpc) is 3.27. The van der Waals surface area contributed by atoms with Gasteiger partial charge in [-0.2, -0.15) is 5.10 Å². The molecule has 0 aliphatic carbocycles. The van der Waals surface area contributed by atoms with Crippen LogP contribution >= 0.6 is 27.3 Å². The van der Waals surface area contributed by atoms with E-state index in [-0.39, 0.29) is 11.6 Å². The lowest BCUT2D eigenvalue weighted by Gasteiger charge is -2.09. The van der Waals surface area contributed by atoms with Crippen molar-refractivity contribution in [1.29, 1.82) is 0 Å². The van der Waals surface area contributed by atoms with Crippen molar-refractivity contribution in [3.63, 3.8) is 0 Å². The van der Waals surface area contributed by atoms with Crippen molar-refractivity contribution in [2.75, 3.05) is 7.11 Å². The fourth-order valence-electron chi connectivity index (χ4n) is 2.48. The lowest BCUT2D eigenvalue weighted by Crippen LogP contribution is -2.32. The molecule has 0 spiro atoms. The lowest BCUT2D eigenvalue weighted by molar-refractivity contribution is -0.117. The van der Waals surface area contributed by atoms with Crippen molar-refractivity contribution < 1.29 is 14.3 Å². The third kappa shape index (κ3) is 5.88. The van der Waals surface area contributed by atoms with Crippen molar-refractivity contribution in [1.82, 2.24) is 10.7 Å². The average molecular weight is 484 g/mol. The number of halogens is 1. The van der Waals surface area contributed by atoms with Crippen molar-refractivity contribution in [2.45, 2.75) is 0 Å². The molecule has 0 radical (unpaired) electrons. The minimum absolute atomic E-state index is 0.0876. The Bertz CT molecular complexity index is 1080. The summed E-state index contributed by atoms with van der Waals surface area (Å²) in [6, 6.07) is 17.8. The summed E-state index contributed by atoms with van der Waals surface area (Å²) >= 11 is 4.84. The van der Waals surface area contributed by atoms with Gasteiger partial charge in [0.1, 0.15) is 11.4 Å². The van der Waals surface area contributed by atoms with E-state index in [1.807, 2.05) is 35.7 Å². The Balaban J connectivity index is 1.77. The van der Waals surface area contributed by atoms with Crippen LogP contribution in [0.4, 0.5) is 0 Å². The van der Waals surface area contributed by atoms with E-state index in [1.165, 1.54) is 17.6 Å². The standard InChI is InChI=1S/C22H18BrN3O3S/c1-29-20-10-9-17(23)12-16(20)14-24-26-22(28)19(13-18-8-5-11-30-18)25-21(27)15-6-3-2-4-7-15/h2-14H,1H3,(H,25,27)(H,26,28)/b19-13+,24-14+. The second-order valence-corrected chi connectivity index (χ2v) is 7.87. The van der Waals surface area contributed by atoms with E-state index in [4.69, 9.17) is 4.74 Å². The van der Waals surface area contributed by atoms with Crippen LogP contribution in [0.5, 0.6) is 5.75 Å². The molecule has 0 saturated heterocycles. The lowest BCUT2D eigenvalue weighted by atomic mass is 10.2. The number of carbonyl (C=O) groups excluding carboxylic acids is 2. The first-order chi connectivity index (χ1) is 14.6. The van der Waals surface area contributed by atoms with Gasteiger partial charge in [0.15, 0.2) is 0 Å². The van der Waals surface area contributed by atoms with Gasteiger partial charge in [0.2, 0.25) is 0 Å². The summed E-state index contributed by atoms with van der Waals surface area (Å²) in [4.78, 5) is 26.0. The van der Waals surface area contributed by atoms with Crippen LogP contribution in [0.2, 0.25) is 0 Å². The second kappa shape index (κ2) is 10.5. The molecule has 0 fully saturated rings. The van der Waals surface area contributed by atoms with E-state index in [9.17, 15) is 9.59 Å². The summed E-state index contributed by atoms with van der Waals surface area (Å²) in [7, 11) is 1.56. The molecule has 1 heterocycles. The highest BCUT2D eigenvalue weighted by Crippen LogP contribution is 2.21. The summed E-state index contributed by atoms with van der Waals surface area (Å²) in [6.45, 7) is 0. The molecule has 6 nitrogen and oxygen atoms in total. The first kappa shape index (κ1) is 21.5. The van der Waals surface area contributed by atoms with E-state index in [1.54, 1.807) is 43.5 Å². The highest BCUT2D eigenvalue weighted by molar-refractivity contribution is 9.10. The van der Waals surface area contributed by atoms with Crippen LogP contribution in [0.25, 0.3) is 6.08 Å². The Morgan fingerprint density at radius 2 is 1.90 bits per heavy atom. The molecule has 152 valence electrons. The Kier molecular flexibility index (Phi) is 7.53. The Hall–Kier alpha value is -3.23. The van der Waals surface area contributed by atoms with Gasteiger partial charge in [-0.1, -0.05) is 40.2 Å². The van der Waals surface area contributed by atoms with E-state index in [0.29, 0.717) is 16.9 Å². The number of hydrogen-bond acceptors (Lipinski definition) is 5. The maximum Gasteiger partial charge on any atom is 0.287 e. The Morgan fingerprint density at radius 3 is 2.60 bits per heavy atom.